The van der Waals surface area contributed by atoms with Gasteiger partial charge in [0.05, 0.1) is 24.7 Å². The Kier molecular flexibility index (Phi) is 7.19. The maximum Gasteiger partial charge on any atom is 0.299 e. The van der Waals surface area contributed by atoms with Crippen molar-refractivity contribution in [3.05, 3.63) is 130 Å². The van der Waals surface area contributed by atoms with Gasteiger partial charge in [0.1, 0.15) is 5.76 Å². The highest BCUT2D eigenvalue weighted by Gasteiger charge is 2.17. The quantitative estimate of drug-likeness (QED) is 0.252. The number of nitrogens with zero attached hydrogens (tertiary/aromatic N) is 2. The van der Waals surface area contributed by atoms with Crippen molar-refractivity contribution in [3.8, 4) is 17.2 Å². The van der Waals surface area contributed by atoms with E-state index < -0.39 is 11.4 Å². The summed E-state index contributed by atoms with van der Waals surface area (Å²) in [5, 5.41) is 10.4. The number of ether oxygens (including phenoxy) is 1. The van der Waals surface area contributed by atoms with Crippen LogP contribution in [0.4, 0.5) is 15.8 Å². The predicted octanol–water partition coefficient (Wildman–Crippen LogP) is 6.08. The summed E-state index contributed by atoms with van der Waals surface area (Å²) in [5.74, 6) is -0.307. The number of nitrogens with one attached hydrogen (secondary N) is 2. The number of benzene rings is 3. The van der Waals surface area contributed by atoms with Gasteiger partial charge in [0.25, 0.3) is 11.5 Å². The van der Waals surface area contributed by atoms with Crippen molar-refractivity contribution in [2.75, 3.05) is 5.32 Å². The summed E-state index contributed by atoms with van der Waals surface area (Å²) in [6.07, 6.45) is 2.85. The lowest BCUT2D eigenvalue weighted by Crippen LogP contribution is -2.24. The van der Waals surface area contributed by atoms with E-state index in [1.54, 1.807) is 66.7 Å². The van der Waals surface area contributed by atoms with E-state index in [0.29, 0.717) is 27.7 Å². The van der Waals surface area contributed by atoms with Crippen LogP contribution in [0.25, 0.3) is 5.69 Å². The predicted molar refractivity (Wildman–Crippen MR) is 141 cm³/mol. The Bertz CT molecular complexity index is 1640. The Morgan fingerprint density at radius 3 is 2.55 bits per heavy atom. The summed E-state index contributed by atoms with van der Waals surface area (Å²) in [5.41, 5.74) is 0.800. The smallest absolute Gasteiger partial charge is 0.299 e. The van der Waals surface area contributed by atoms with Gasteiger partial charge < -0.3 is 19.8 Å². The van der Waals surface area contributed by atoms with Gasteiger partial charge in [-0.15, -0.1) is 0 Å². The summed E-state index contributed by atoms with van der Waals surface area (Å²) in [7, 11) is 0. The third kappa shape index (κ3) is 5.58. The SMILES string of the molecule is O=C(NCc1ccco1)c1ccc(Nc2c(Oc3ccccc3F)cnn(-c3cccc(Cl)c3)c2=O)cc1. The Balaban J connectivity index is 1.44. The first-order valence-electron chi connectivity index (χ1n) is 11.5. The molecule has 38 heavy (non-hydrogen) atoms. The molecule has 0 unspecified atom stereocenters. The molecular formula is C28H20ClFN4O4. The van der Waals surface area contributed by atoms with Gasteiger partial charge in [-0.1, -0.05) is 29.8 Å². The Hall–Kier alpha value is -4.89. The second-order valence-electron chi connectivity index (χ2n) is 8.08. The summed E-state index contributed by atoms with van der Waals surface area (Å²) >= 11 is 6.10. The molecule has 10 heteroatoms. The molecule has 5 rings (SSSR count). The number of anilines is 2. The van der Waals surface area contributed by atoms with Gasteiger partial charge in [-0.05, 0) is 66.7 Å². The molecular weight excluding hydrogens is 511 g/mol. The van der Waals surface area contributed by atoms with E-state index in [1.807, 2.05) is 0 Å². The van der Waals surface area contributed by atoms with E-state index >= 15 is 0 Å². The van der Waals surface area contributed by atoms with Gasteiger partial charge in [0, 0.05) is 16.3 Å². The van der Waals surface area contributed by atoms with Crippen molar-refractivity contribution in [2.45, 2.75) is 6.54 Å². The molecule has 2 N–H and O–H groups in total. The summed E-state index contributed by atoms with van der Waals surface area (Å²) in [6.45, 7) is 0.253. The van der Waals surface area contributed by atoms with Crippen molar-refractivity contribution >= 4 is 28.9 Å². The molecule has 2 heterocycles. The summed E-state index contributed by atoms with van der Waals surface area (Å²) in [4.78, 5) is 26.0. The van der Waals surface area contributed by atoms with Crippen LogP contribution in [0.5, 0.6) is 11.5 Å². The molecule has 0 aliphatic rings. The van der Waals surface area contributed by atoms with E-state index in [9.17, 15) is 14.0 Å². The van der Waals surface area contributed by atoms with Crippen molar-refractivity contribution < 1.29 is 18.3 Å². The molecule has 8 nitrogen and oxygen atoms in total. The number of hydrogen-bond donors (Lipinski definition) is 2. The van der Waals surface area contributed by atoms with Crippen molar-refractivity contribution in [2.24, 2.45) is 0 Å². The van der Waals surface area contributed by atoms with Gasteiger partial charge in [-0.2, -0.15) is 9.78 Å². The zero-order chi connectivity index (χ0) is 26.5. The number of carbonyl (C=O) groups is 1. The van der Waals surface area contributed by atoms with Crippen molar-refractivity contribution in [1.82, 2.24) is 15.1 Å². The number of halogens is 2. The topological polar surface area (TPSA) is 98.4 Å². The Morgan fingerprint density at radius 2 is 1.82 bits per heavy atom. The maximum absolute atomic E-state index is 14.3. The first-order chi connectivity index (χ1) is 18.5. The molecule has 1 amide bonds. The van der Waals surface area contributed by atoms with E-state index in [0.717, 1.165) is 4.68 Å². The first kappa shape index (κ1) is 24.8. The van der Waals surface area contributed by atoms with E-state index in [2.05, 4.69) is 15.7 Å². The van der Waals surface area contributed by atoms with Gasteiger partial charge in [-0.25, -0.2) is 4.39 Å². The highest BCUT2D eigenvalue weighted by atomic mass is 35.5. The average molecular weight is 531 g/mol. The molecule has 2 aromatic heterocycles. The fourth-order valence-electron chi connectivity index (χ4n) is 3.60. The summed E-state index contributed by atoms with van der Waals surface area (Å²) < 4.78 is 26.4. The highest BCUT2D eigenvalue weighted by molar-refractivity contribution is 6.30. The second kappa shape index (κ2) is 11.0. The molecule has 0 radical (unpaired) electrons. The Morgan fingerprint density at radius 1 is 1.00 bits per heavy atom. The molecule has 0 fully saturated rings. The zero-order valence-corrected chi connectivity index (χ0v) is 20.5. The molecule has 3 aromatic carbocycles. The molecule has 5 aromatic rings. The molecule has 0 bridgehead atoms. The third-order valence-electron chi connectivity index (χ3n) is 5.47. The number of hydrogen-bond acceptors (Lipinski definition) is 6. The second-order valence-corrected chi connectivity index (χ2v) is 8.51. The molecule has 0 aliphatic carbocycles. The maximum atomic E-state index is 14.3. The van der Waals surface area contributed by atoms with Crippen LogP contribution in [0.15, 0.2) is 107 Å². The molecule has 0 saturated heterocycles. The lowest BCUT2D eigenvalue weighted by molar-refractivity contribution is 0.0948. The van der Waals surface area contributed by atoms with Gasteiger partial charge in [0.15, 0.2) is 23.0 Å². The molecule has 190 valence electrons. The highest BCUT2D eigenvalue weighted by Crippen LogP contribution is 2.30. The average Bonchev–Trinajstić information content (AvgIpc) is 3.45. The minimum absolute atomic E-state index is 0.0123. The van der Waals surface area contributed by atoms with Gasteiger partial charge in [0.2, 0.25) is 0 Å². The van der Waals surface area contributed by atoms with Crippen LogP contribution in [0.1, 0.15) is 16.1 Å². The minimum atomic E-state index is -0.595. The van der Waals surface area contributed by atoms with Crippen LogP contribution >= 0.6 is 11.6 Å². The lowest BCUT2D eigenvalue weighted by Gasteiger charge is -2.15. The summed E-state index contributed by atoms with van der Waals surface area (Å²) in [6, 6.07) is 22.5. The molecule has 0 saturated carbocycles. The monoisotopic (exact) mass is 530 g/mol. The first-order valence-corrected chi connectivity index (χ1v) is 11.8. The fraction of sp³-hybridized carbons (Fsp3) is 0.0357. The normalized spacial score (nSPS) is 10.7. The Labute approximate surface area is 221 Å². The number of aromatic nitrogens is 2. The third-order valence-corrected chi connectivity index (χ3v) is 5.71. The fourth-order valence-corrected chi connectivity index (χ4v) is 3.79. The minimum Gasteiger partial charge on any atom is -0.467 e. The molecule has 0 aliphatic heterocycles. The number of carbonyl (C=O) groups excluding carboxylic acids is 1. The van der Waals surface area contributed by atoms with Crippen LogP contribution in [-0.4, -0.2) is 15.7 Å². The van der Waals surface area contributed by atoms with Crippen molar-refractivity contribution in [1.29, 1.82) is 0 Å². The number of rotatable bonds is 8. The van der Waals surface area contributed by atoms with E-state index in [4.69, 9.17) is 20.8 Å². The van der Waals surface area contributed by atoms with Crippen LogP contribution in [0, 0.1) is 5.82 Å². The van der Waals surface area contributed by atoms with E-state index in [-0.39, 0.29) is 29.6 Å². The van der Waals surface area contributed by atoms with Gasteiger partial charge in [-0.3, -0.25) is 9.59 Å². The number of para-hydroxylation sites is 1. The zero-order valence-electron chi connectivity index (χ0n) is 19.7. The van der Waals surface area contributed by atoms with Crippen LogP contribution in [0.3, 0.4) is 0 Å². The number of furan rings is 1. The largest absolute Gasteiger partial charge is 0.467 e. The van der Waals surface area contributed by atoms with Gasteiger partial charge >= 0.3 is 0 Å². The molecule has 0 spiro atoms. The standard InChI is InChI=1S/C28H20ClFN4O4/c29-19-5-3-6-21(15-19)34-28(36)26(25(17-32-34)38-24-9-2-1-8-23(24)30)33-20-12-10-18(11-13-20)27(35)31-16-22-7-4-14-37-22/h1-15,17,33H,16H2,(H,31,35). The van der Waals surface area contributed by atoms with Crippen molar-refractivity contribution in [3.63, 3.8) is 0 Å². The van der Waals surface area contributed by atoms with Crippen LogP contribution < -0.4 is 20.9 Å². The lowest BCUT2D eigenvalue weighted by atomic mass is 10.2. The van der Waals surface area contributed by atoms with Crippen LogP contribution in [-0.2, 0) is 6.54 Å². The van der Waals surface area contributed by atoms with Crippen LogP contribution in [0.2, 0.25) is 5.02 Å². The van der Waals surface area contributed by atoms with E-state index in [1.165, 1.54) is 30.7 Å². The number of amides is 1. The molecule has 0 atom stereocenters.